The first kappa shape index (κ1) is 44.6. The first-order valence-corrected chi connectivity index (χ1v) is 19.1. The molecule has 0 aromatic heterocycles. The highest BCUT2D eigenvalue weighted by Crippen LogP contribution is 2.47. The van der Waals surface area contributed by atoms with Crippen molar-refractivity contribution in [2.24, 2.45) is 5.73 Å². The van der Waals surface area contributed by atoms with Crippen molar-refractivity contribution in [2.45, 2.75) is 110 Å². The topological polar surface area (TPSA) is 204 Å². The van der Waals surface area contributed by atoms with Crippen LogP contribution < -0.4 is 37.8 Å². The number of amides is 5. The van der Waals surface area contributed by atoms with Gasteiger partial charge in [-0.3, -0.25) is 24.0 Å². The Bertz CT molecular complexity index is 1940. The number of nitrogens with two attached hydrogens (primary N) is 2. The zero-order chi connectivity index (χ0) is 42.6. The SMILES string of the molecule is CO[B-]1(c2ccccc2C[NH2+]C(C)(C)C(=O)NC(C)(C)C(=O)NC(C)(C)C(=O)NC(C)(C)C(=O)NCC(N)=O)O[C@@H](c2ccccc2C)[C@H](c2ccccc2C)O1. The Hall–Kier alpha value is -5.09. The standard InChI is InChI=1S/C42H58BN6O8/c1-26-18-12-15-21-29(26)33-34(30-22-16-13-19-27(30)2)57-43(55-11,56-33)31-23-17-14-20-28(31)24-46-39(3,4)36(52)47-41(7,8)38(54)49-42(9,10)37(53)48-40(5,6)35(51)45-25-32(44)50/h12-23,33-34,46H,24-25H2,1-11H3,(H2,44,50)(H,45,51)(H,47,52)(H,48,53)(H,49,54)/q-1/p+1/t33-,34-/m0/s1. The fraction of sp³-hybridized carbons (Fsp3) is 0.452. The summed E-state index contributed by atoms with van der Waals surface area (Å²) >= 11 is 0. The molecule has 0 radical (unpaired) electrons. The van der Waals surface area contributed by atoms with Crippen LogP contribution in [0.25, 0.3) is 0 Å². The van der Waals surface area contributed by atoms with Crippen LogP contribution in [0.4, 0.5) is 0 Å². The highest BCUT2D eigenvalue weighted by Gasteiger charge is 2.48. The number of carbonyl (C=O) groups excluding carboxylic acids is 5. The van der Waals surface area contributed by atoms with E-state index in [2.05, 4.69) is 21.3 Å². The summed E-state index contributed by atoms with van der Waals surface area (Å²) in [6.07, 6.45) is -0.926. The van der Waals surface area contributed by atoms with Gasteiger partial charge in [-0.1, -0.05) is 72.8 Å². The fourth-order valence-corrected chi connectivity index (χ4v) is 6.64. The lowest BCUT2D eigenvalue weighted by atomic mass is 9.67. The number of nitrogens with one attached hydrogen (secondary N) is 4. The van der Waals surface area contributed by atoms with Crippen molar-refractivity contribution >= 4 is 41.8 Å². The summed E-state index contributed by atoms with van der Waals surface area (Å²) in [6, 6.07) is 23.8. The quantitative estimate of drug-likeness (QED) is 0.118. The number of benzene rings is 3. The Morgan fingerprint density at radius 2 is 1.09 bits per heavy atom. The van der Waals surface area contributed by atoms with E-state index in [4.69, 9.17) is 19.7 Å². The van der Waals surface area contributed by atoms with E-state index < -0.39 is 77.2 Å². The van der Waals surface area contributed by atoms with Crippen molar-refractivity contribution in [3.63, 3.8) is 0 Å². The summed E-state index contributed by atoms with van der Waals surface area (Å²) in [4.78, 5) is 64.3. The minimum Gasteiger partial charge on any atom is -0.543 e. The van der Waals surface area contributed by atoms with Gasteiger partial charge >= 0.3 is 6.75 Å². The van der Waals surface area contributed by atoms with Crippen LogP contribution in [-0.4, -0.2) is 72.1 Å². The van der Waals surface area contributed by atoms with Crippen molar-refractivity contribution in [1.82, 2.24) is 21.3 Å². The van der Waals surface area contributed by atoms with Crippen molar-refractivity contribution in [1.29, 1.82) is 0 Å². The number of rotatable bonds is 16. The minimum absolute atomic E-state index is 0.336. The van der Waals surface area contributed by atoms with Gasteiger partial charge in [-0.25, -0.2) is 0 Å². The van der Waals surface area contributed by atoms with Crippen LogP contribution in [0.15, 0.2) is 72.8 Å². The Morgan fingerprint density at radius 1 is 0.667 bits per heavy atom. The van der Waals surface area contributed by atoms with E-state index >= 15 is 0 Å². The molecule has 2 atom stereocenters. The van der Waals surface area contributed by atoms with Crippen molar-refractivity contribution in [2.75, 3.05) is 13.7 Å². The number of quaternary nitrogens is 1. The van der Waals surface area contributed by atoms with Crippen LogP contribution in [0.2, 0.25) is 0 Å². The normalized spacial score (nSPS) is 17.0. The molecule has 57 heavy (non-hydrogen) atoms. The molecule has 0 saturated carbocycles. The molecule has 1 aliphatic rings. The predicted molar refractivity (Wildman–Crippen MR) is 217 cm³/mol. The summed E-state index contributed by atoms with van der Waals surface area (Å²) in [6.45, 7) is 14.0. The fourth-order valence-electron chi connectivity index (χ4n) is 6.64. The maximum atomic E-state index is 13.9. The third-order valence-electron chi connectivity index (χ3n) is 10.5. The van der Waals surface area contributed by atoms with Gasteiger partial charge < -0.3 is 46.3 Å². The summed E-state index contributed by atoms with van der Waals surface area (Å²) < 4.78 is 20.0. The number of carbonyl (C=O) groups is 5. The van der Waals surface area contributed by atoms with Crippen LogP contribution in [0.5, 0.6) is 0 Å². The van der Waals surface area contributed by atoms with E-state index in [0.717, 1.165) is 33.3 Å². The Kier molecular flexibility index (Phi) is 13.5. The molecule has 3 aromatic rings. The van der Waals surface area contributed by atoms with Gasteiger partial charge in [0.15, 0.2) is 5.54 Å². The molecule has 1 aliphatic heterocycles. The van der Waals surface area contributed by atoms with Gasteiger partial charge in [0.25, 0.3) is 5.91 Å². The molecule has 4 rings (SSSR count). The lowest BCUT2D eigenvalue weighted by Gasteiger charge is -2.37. The lowest BCUT2D eigenvalue weighted by Crippen LogP contribution is -2.97. The Morgan fingerprint density at radius 3 is 1.54 bits per heavy atom. The Labute approximate surface area is 335 Å². The average molecular weight is 787 g/mol. The largest absolute Gasteiger partial charge is 0.543 e. The molecule has 0 unspecified atom stereocenters. The first-order chi connectivity index (χ1) is 26.5. The van der Waals surface area contributed by atoms with Crippen LogP contribution >= 0.6 is 0 Å². The summed E-state index contributed by atoms with van der Waals surface area (Å²) in [5, 5.41) is 12.4. The van der Waals surface area contributed by atoms with Crippen LogP contribution in [-0.2, 0) is 44.5 Å². The second-order valence-electron chi connectivity index (χ2n) is 16.9. The van der Waals surface area contributed by atoms with Gasteiger partial charge in [-0.05, 0) is 104 Å². The molecule has 0 bridgehead atoms. The summed E-state index contributed by atoms with van der Waals surface area (Å²) in [7, 11) is 1.58. The van der Waals surface area contributed by atoms with Crippen molar-refractivity contribution in [3.8, 4) is 0 Å². The highest BCUT2D eigenvalue weighted by atomic mass is 16.8. The van der Waals surface area contributed by atoms with Gasteiger partial charge in [0.05, 0.1) is 25.3 Å². The van der Waals surface area contributed by atoms with Gasteiger partial charge in [0.1, 0.15) is 16.6 Å². The summed E-state index contributed by atoms with van der Waals surface area (Å²) in [5.74, 6) is -3.08. The summed E-state index contributed by atoms with van der Waals surface area (Å²) in [5.41, 5.74) is 5.35. The maximum Gasteiger partial charge on any atom is 0.410 e. The van der Waals surface area contributed by atoms with E-state index in [1.54, 1.807) is 21.0 Å². The van der Waals surface area contributed by atoms with Gasteiger partial charge in [0.2, 0.25) is 23.6 Å². The third-order valence-corrected chi connectivity index (χ3v) is 10.5. The van der Waals surface area contributed by atoms with Crippen molar-refractivity contribution in [3.05, 3.63) is 101 Å². The molecule has 14 nitrogen and oxygen atoms in total. The first-order valence-electron chi connectivity index (χ1n) is 19.1. The second-order valence-corrected chi connectivity index (χ2v) is 16.9. The Balaban J connectivity index is 1.49. The molecule has 3 aromatic carbocycles. The van der Waals surface area contributed by atoms with E-state index in [1.807, 2.05) is 92.0 Å². The zero-order valence-electron chi connectivity index (χ0n) is 35.0. The number of hydrogen-bond acceptors (Lipinski definition) is 8. The monoisotopic (exact) mass is 786 g/mol. The lowest BCUT2D eigenvalue weighted by molar-refractivity contribution is -0.720. The molecule has 15 heteroatoms. The van der Waals surface area contributed by atoms with Crippen LogP contribution in [0.1, 0.15) is 95.4 Å². The average Bonchev–Trinajstić information content (AvgIpc) is 3.53. The third kappa shape index (κ3) is 10.3. The van der Waals surface area contributed by atoms with Crippen LogP contribution in [0, 0.1) is 13.8 Å². The molecular formula is C42H59BN6O8. The molecule has 0 spiro atoms. The maximum absolute atomic E-state index is 13.9. The highest BCUT2D eigenvalue weighted by molar-refractivity contribution is 6.76. The predicted octanol–water partition coefficient (Wildman–Crippen LogP) is 1.75. The van der Waals surface area contributed by atoms with Gasteiger partial charge in [-0.15, -0.1) is 5.46 Å². The number of aryl methyl sites for hydroxylation is 2. The minimum atomic E-state index is -2.46. The molecule has 1 heterocycles. The second kappa shape index (κ2) is 17.2. The van der Waals surface area contributed by atoms with E-state index in [0.29, 0.717) is 6.54 Å². The molecule has 1 saturated heterocycles. The van der Waals surface area contributed by atoms with Gasteiger partial charge in [0, 0.05) is 0 Å². The number of primary amides is 1. The molecule has 0 aliphatic carbocycles. The molecule has 1 fully saturated rings. The van der Waals surface area contributed by atoms with Gasteiger partial charge in [-0.2, -0.15) is 0 Å². The molecular weight excluding hydrogens is 727 g/mol. The molecule has 5 amide bonds. The van der Waals surface area contributed by atoms with E-state index in [1.165, 1.54) is 41.5 Å². The molecule has 8 N–H and O–H groups in total. The van der Waals surface area contributed by atoms with Crippen LogP contribution in [0.3, 0.4) is 0 Å². The van der Waals surface area contributed by atoms with Crippen molar-refractivity contribution < 1.29 is 43.3 Å². The molecule has 308 valence electrons. The zero-order valence-corrected chi connectivity index (χ0v) is 35.0. The van der Waals surface area contributed by atoms with E-state index in [-0.39, 0.29) is 0 Å². The smallest absolute Gasteiger partial charge is 0.410 e. The van der Waals surface area contributed by atoms with E-state index in [9.17, 15) is 24.0 Å². The number of hydrogen-bond donors (Lipinski definition) is 6.